The number of carboxylic acids is 1. The SMILES string of the molecule is CC1C(=O)N(CC(=O)O)C(=O)N1c1ccc(/C=N/N)cc1.Cl. The van der Waals surface area contributed by atoms with Crippen molar-refractivity contribution in [2.45, 2.75) is 13.0 Å². The summed E-state index contributed by atoms with van der Waals surface area (Å²) in [4.78, 5) is 36.9. The molecule has 0 saturated carbocycles. The molecule has 1 aliphatic heterocycles. The Bertz CT molecular complexity index is 617. The summed E-state index contributed by atoms with van der Waals surface area (Å²) in [6.07, 6.45) is 1.45. The highest BCUT2D eigenvalue weighted by Crippen LogP contribution is 2.25. The number of carbonyl (C=O) groups excluding carboxylic acids is 2. The Morgan fingerprint density at radius 3 is 2.45 bits per heavy atom. The monoisotopic (exact) mass is 326 g/mol. The van der Waals surface area contributed by atoms with E-state index in [9.17, 15) is 14.4 Å². The number of hydrogen-bond acceptors (Lipinski definition) is 5. The Hall–Kier alpha value is -2.61. The Morgan fingerprint density at radius 2 is 1.95 bits per heavy atom. The second-order valence-electron chi connectivity index (χ2n) is 4.52. The number of urea groups is 1. The van der Waals surface area contributed by atoms with Crippen molar-refractivity contribution in [3.8, 4) is 0 Å². The molecule has 1 aliphatic rings. The van der Waals surface area contributed by atoms with E-state index in [0.717, 1.165) is 10.5 Å². The number of aliphatic carboxylic acids is 1. The summed E-state index contributed by atoms with van der Waals surface area (Å²) in [6, 6.07) is 5.28. The molecule has 8 nitrogen and oxygen atoms in total. The van der Waals surface area contributed by atoms with Gasteiger partial charge in [-0.05, 0) is 24.6 Å². The van der Waals surface area contributed by atoms with Gasteiger partial charge in [-0.1, -0.05) is 12.1 Å². The summed E-state index contributed by atoms with van der Waals surface area (Å²) in [5.74, 6) is 3.28. The van der Waals surface area contributed by atoms with E-state index in [2.05, 4.69) is 5.10 Å². The average molecular weight is 327 g/mol. The normalized spacial score (nSPS) is 18.0. The van der Waals surface area contributed by atoms with Crippen molar-refractivity contribution in [1.29, 1.82) is 0 Å². The highest BCUT2D eigenvalue weighted by molar-refractivity contribution is 6.15. The molecule has 9 heteroatoms. The predicted octanol–water partition coefficient (Wildman–Crippen LogP) is 0.643. The van der Waals surface area contributed by atoms with Crippen LogP contribution in [0.1, 0.15) is 12.5 Å². The highest BCUT2D eigenvalue weighted by atomic mass is 35.5. The number of nitrogens with zero attached hydrogens (tertiary/aromatic N) is 3. The summed E-state index contributed by atoms with van der Waals surface area (Å²) in [7, 11) is 0. The first-order valence-corrected chi connectivity index (χ1v) is 6.15. The summed E-state index contributed by atoms with van der Waals surface area (Å²) in [5.41, 5.74) is 1.25. The van der Waals surface area contributed by atoms with E-state index in [-0.39, 0.29) is 12.4 Å². The molecule has 1 heterocycles. The van der Waals surface area contributed by atoms with Crippen LogP contribution in [0.2, 0.25) is 0 Å². The fraction of sp³-hybridized carbons (Fsp3) is 0.231. The lowest BCUT2D eigenvalue weighted by molar-refractivity contribution is -0.141. The molecular formula is C13H15ClN4O4. The number of nitrogens with two attached hydrogens (primary N) is 1. The first-order valence-electron chi connectivity index (χ1n) is 6.15. The van der Waals surface area contributed by atoms with Crippen molar-refractivity contribution < 1.29 is 19.5 Å². The third-order valence-electron chi connectivity index (χ3n) is 3.14. The van der Waals surface area contributed by atoms with Gasteiger partial charge in [-0.3, -0.25) is 19.4 Å². The molecule has 0 spiro atoms. The third kappa shape index (κ3) is 3.17. The van der Waals surface area contributed by atoms with Crippen molar-refractivity contribution in [3.05, 3.63) is 29.8 Å². The van der Waals surface area contributed by atoms with Crippen molar-refractivity contribution >= 4 is 42.2 Å². The van der Waals surface area contributed by atoms with Gasteiger partial charge >= 0.3 is 12.0 Å². The first kappa shape index (κ1) is 17.4. The summed E-state index contributed by atoms with van der Waals surface area (Å²) in [5, 5.41) is 12.1. The Kier molecular flexibility index (Phi) is 5.47. The molecule has 0 radical (unpaired) electrons. The van der Waals surface area contributed by atoms with Crippen LogP contribution in [-0.2, 0) is 9.59 Å². The third-order valence-corrected chi connectivity index (χ3v) is 3.14. The van der Waals surface area contributed by atoms with E-state index in [1.165, 1.54) is 11.1 Å². The lowest BCUT2D eigenvalue weighted by Crippen LogP contribution is -2.36. The minimum absolute atomic E-state index is 0. The number of benzene rings is 1. The van der Waals surface area contributed by atoms with Crippen LogP contribution in [-0.4, -0.2) is 46.7 Å². The van der Waals surface area contributed by atoms with Gasteiger partial charge in [0.1, 0.15) is 12.6 Å². The van der Waals surface area contributed by atoms with Gasteiger partial charge in [0.25, 0.3) is 5.91 Å². The van der Waals surface area contributed by atoms with Gasteiger partial charge in [-0.15, -0.1) is 12.4 Å². The number of anilines is 1. The van der Waals surface area contributed by atoms with Crippen LogP contribution in [0.15, 0.2) is 29.4 Å². The van der Waals surface area contributed by atoms with Gasteiger partial charge in [0.15, 0.2) is 0 Å². The molecule has 1 aromatic carbocycles. The second kappa shape index (κ2) is 6.90. The smallest absolute Gasteiger partial charge is 0.332 e. The maximum absolute atomic E-state index is 12.2. The van der Waals surface area contributed by atoms with E-state index in [1.807, 2.05) is 0 Å². The molecule has 0 bridgehead atoms. The maximum atomic E-state index is 12.2. The van der Waals surface area contributed by atoms with Gasteiger partial charge in [0.05, 0.1) is 6.21 Å². The van der Waals surface area contributed by atoms with Crippen LogP contribution in [0, 0.1) is 0 Å². The molecule has 0 aliphatic carbocycles. The number of halogens is 1. The average Bonchev–Trinajstić information content (AvgIpc) is 2.64. The standard InChI is InChI=1S/C13H14N4O4.ClH/c1-8-12(20)16(7-11(18)19)13(21)17(8)10-4-2-9(3-5-10)6-15-14;/h2-6,8H,7,14H2,1H3,(H,18,19);1H/b15-6+;. The highest BCUT2D eigenvalue weighted by Gasteiger charge is 2.43. The van der Waals surface area contributed by atoms with Crippen molar-refractivity contribution in [2.24, 2.45) is 10.9 Å². The minimum Gasteiger partial charge on any atom is -0.480 e. The van der Waals surface area contributed by atoms with Crippen molar-refractivity contribution in [3.63, 3.8) is 0 Å². The summed E-state index contributed by atoms with van der Waals surface area (Å²) < 4.78 is 0. The number of hydrogen-bond donors (Lipinski definition) is 2. The lowest BCUT2D eigenvalue weighted by Gasteiger charge is -2.19. The zero-order valence-electron chi connectivity index (χ0n) is 11.7. The van der Waals surface area contributed by atoms with E-state index >= 15 is 0 Å². The quantitative estimate of drug-likeness (QED) is 0.364. The molecule has 118 valence electrons. The summed E-state index contributed by atoms with van der Waals surface area (Å²) in [6.45, 7) is 0.910. The molecule has 1 aromatic rings. The minimum atomic E-state index is -1.24. The van der Waals surface area contributed by atoms with Crippen LogP contribution in [0.4, 0.5) is 10.5 Å². The van der Waals surface area contributed by atoms with Crippen LogP contribution in [0.3, 0.4) is 0 Å². The van der Waals surface area contributed by atoms with Crippen molar-refractivity contribution in [2.75, 3.05) is 11.4 Å². The van der Waals surface area contributed by atoms with Crippen molar-refractivity contribution in [1.82, 2.24) is 4.90 Å². The molecule has 1 atom stereocenters. The number of hydrazone groups is 1. The van der Waals surface area contributed by atoms with Gasteiger partial charge in [0, 0.05) is 5.69 Å². The number of imide groups is 1. The van der Waals surface area contributed by atoms with Gasteiger partial charge in [0.2, 0.25) is 0 Å². The molecule has 1 unspecified atom stereocenters. The zero-order valence-corrected chi connectivity index (χ0v) is 12.5. The van der Waals surface area contributed by atoms with E-state index in [4.69, 9.17) is 10.9 Å². The van der Waals surface area contributed by atoms with Crippen LogP contribution in [0.5, 0.6) is 0 Å². The van der Waals surface area contributed by atoms with E-state index < -0.39 is 30.5 Å². The van der Waals surface area contributed by atoms with E-state index in [1.54, 1.807) is 31.2 Å². The van der Waals surface area contributed by atoms with Crippen LogP contribution < -0.4 is 10.7 Å². The topological polar surface area (TPSA) is 116 Å². The van der Waals surface area contributed by atoms with Gasteiger partial charge < -0.3 is 10.9 Å². The molecule has 1 saturated heterocycles. The zero-order chi connectivity index (χ0) is 15.6. The van der Waals surface area contributed by atoms with Gasteiger partial charge in [-0.2, -0.15) is 5.10 Å². The first-order chi connectivity index (χ1) is 9.95. The molecule has 22 heavy (non-hydrogen) atoms. The van der Waals surface area contributed by atoms with Crippen LogP contribution in [0.25, 0.3) is 0 Å². The molecule has 0 aromatic heterocycles. The molecule has 3 N–H and O–H groups in total. The largest absolute Gasteiger partial charge is 0.480 e. The molecule has 3 amide bonds. The molecule has 2 rings (SSSR count). The number of amides is 3. The van der Waals surface area contributed by atoms with Gasteiger partial charge in [-0.25, -0.2) is 4.79 Å². The van der Waals surface area contributed by atoms with Crippen LogP contribution >= 0.6 is 12.4 Å². The molecule has 1 fully saturated rings. The maximum Gasteiger partial charge on any atom is 0.332 e. The Labute approximate surface area is 132 Å². The number of carboxylic acid groups (broad SMARTS) is 1. The lowest BCUT2D eigenvalue weighted by atomic mass is 10.2. The summed E-state index contributed by atoms with van der Waals surface area (Å²) >= 11 is 0. The second-order valence-corrected chi connectivity index (χ2v) is 4.52. The number of carbonyl (C=O) groups is 3. The fourth-order valence-corrected chi connectivity index (χ4v) is 2.15. The molecular weight excluding hydrogens is 312 g/mol. The predicted molar refractivity (Wildman–Crippen MR) is 82.2 cm³/mol. The Balaban J connectivity index is 0.00000242. The number of rotatable bonds is 4. The Morgan fingerprint density at radius 1 is 1.36 bits per heavy atom. The fourth-order valence-electron chi connectivity index (χ4n) is 2.15. The van der Waals surface area contributed by atoms with E-state index in [0.29, 0.717) is 5.69 Å².